The minimum Gasteiger partial charge on any atom is -0.465 e. The Morgan fingerprint density at radius 2 is 2.36 bits per heavy atom. The van der Waals surface area contributed by atoms with Crippen LogP contribution >= 0.6 is 0 Å². The van der Waals surface area contributed by atoms with Crippen molar-refractivity contribution < 1.29 is 4.42 Å². The van der Waals surface area contributed by atoms with Gasteiger partial charge in [0.05, 0.1) is 6.54 Å². The van der Waals surface area contributed by atoms with Gasteiger partial charge in [0.2, 0.25) is 0 Å². The van der Waals surface area contributed by atoms with Crippen molar-refractivity contribution in [1.29, 1.82) is 0 Å². The fourth-order valence-corrected chi connectivity index (χ4v) is 2.00. The van der Waals surface area contributed by atoms with Crippen LogP contribution in [0.3, 0.4) is 0 Å². The molecular formula is C12H19NO. The Kier molecular flexibility index (Phi) is 2.92. The summed E-state index contributed by atoms with van der Waals surface area (Å²) in [5, 5.41) is 3.53. The van der Waals surface area contributed by atoms with E-state index in [2.05, 4.69) is 18.3 Å². The third kappa shape index (κ3) is 2.38. The first kappa shape index (κ1) is 9.78. The SMILES string of the molecule is CCCC1CC1NCc1ccc(C)o1. The maximum atomic E-state index is 5.49. The maximum absolute atomic E-state index is 5.49. The van der Waals surface area contributed by atoms with Crippen LogP contribution in [0.1, 0.15) is 37.7 Å². The van der Waals surface area contributed by atoms with E-state index in [4.69, 9.17) is 4.42 Å². The molecule has 1 aliphatic rings. The van der Waals surface area contributed by atoms with E-state index in [-0.39, 0.29) is 0 Å². The minimum absolute atomic E-state index is 0.750. The topological polar surface area (TPSA) is 25.2 Å². The van der Waals surface area contributed by atoms with E-state index in [1.807, 2.05) is 13.0 Å². The van der Waals surface area contributed by atoms with Crippen molar-refractivity contribution in [3.8, 4) is 0 Å². The fraction of sp³-hybridized carbons (Fsp3) is 0.667. The summed E-state index contributed by atoms with van der Waals surface area (Å²) in [6.45, 7) is 5.13. The molecule has 1 fully saturated rings. The third-order valence-corrected chi connectivity index (χ3v) is 2.92. The lowest BCUT2D eigenvalue weighted by Gasteiger charge is -2.00. The molecule has 1 aliphatic carbocycles. The first-order valence-corrected chi connectivity index (χ1v) is 5.58. The monoisotopic (exact) mass is 193 g/mol. The van der Waals surface area contributed by atoms with Crippen LogP contribution in [0.4, 0.5) is 0 Å². The van der Waals surface area contributed by atoms with Crippen molar-refractivity contribution >= 4 is 0 Å². The van der Waals surface area contributed by atoms with Gasteiger partial charge in [0, 0.05) is 6.04 Å². The molecule has 2 rings (SSSR count). The van der Waals surface area contributed by atoms with Crippen molar-refractivity contribution in [2.24, 2.45) is 5.92 Å². The maximum Gasteiger partial charge on any atom is 0.117 e. The van der Waals surface area contributed by atoms with E-state index in [9.17, 15) is 0 Å². The van der Waals surface area contributed by atoms with Crippen LogP contribution < -0.4 is 5.32 Å². The van der Waals surface area contributed by atoms with Crippen LogP contribution in [0, 0.1) is 12.8 Å². The average Bonchev–Trinajstić information content (AvgIpc) is 2.77. The normalized spacial score (nSPS) is 25.3. The Balaban J connectivity index is 1.69. The highest BCUT2D eigenvalue weighted by Crippen LogP contribution is 2.34. The molecule has 2 nitrogen and oxygen atoms in total. The zero-order chi connectivity index (χ0) is 9.97. The molecule has 2 unspecified atom stereocenters. The van der Waals surface area contributed by atoms with Crippen molar-refractivity contribution in [2.75, 3.05) is 0 Å². The van der Waals surface area contributed by atoms with Crippen molar-refractivity contribution in [2.45, 2.75) is 45.7 Å². The fourth-order valence-electron chi connectivity index (χ4n) is 2.00. The number of rotatable bonds is 5. The number of aryl methyl sites for hydroxylation is 1. The Morgan fingerprint density at radius 3 is 3.00 bits per heavy atom. The van der Waals surface area contributed by atoms with Gasteiger partial charge >= 0.3 is 0 Å². The second-order valence-corrected chi connectivity index (χ2v) is 4.28. The molecule has 0 saturated heterocycles. The van der Waals surface area contributed by atoms with Gasteiger partial charge in [-0.1, -0.05) is 13.3 Å². The predicted octanol–water partition coefficient (Wildman–Crippen LogP) is 2.87. The minimum atomic E-state index is 0.750. The summed E-state index contributed by atoms with van der Waals surface area (Å²) in [6, 6.07) is 4.83. The van der Waals surface area contributed by atoms with E-state index in [1.165, 1.54) is 19.3 Å². The summed E-state index contributed by atoms with van der Waals surface area (Å²) in [5.74, 6) is 2.99. The zero-order valence-corrected chi connectivity index (χ0v) is 9.05. The van der Waals surface area contributed by atoms with E-state index in [0.717, 1.165) is 30.0 Å². The number of nitrogens with one attached hydrogen (secondary N) is 1. The summed E-state index contributed by atoms with van der Waals surface area (Å²) in [5.41, 5.74) is 0. The lowest BCUT2D eigenvalue weighted by atomic mass is 10.2. The van der Waals surface area contributed by atoms with Crippen molar-refractivity contribution in [3.05, 3.63) is 23.7 Å². The second-order valence-electron chi connectivity index (χ2n) is 4.28. The highest BCUT2D eigenvalue weighted by molar-refractivity contribution is 5.06. The van der Waals surface area contributed by atoms with Crippen LogP contribution in [0.5, 0.6) is 0 Å². The van der Waals surface area contributed by atoms with Gasteiger partial charge in [0.1, 0.15) is 11.5 Å². The summed E-state index contributed by atoms with van der Waals surface area (Å²) in [6.07, 6.45) is 4.03. The largest absolute Gasteiger partial charge is 0.465 e. The average molecular weight is 193 g/mol. The molecule has 1 aromatic rings. The summed E-state index contributed by atoms with van der Waals surface area (Å²) in [7, 11) is 0. The van der Waals surface area contributed by atoms with Crippen LogP contribution in [-0.2, 0) is 6.54 Å². The summed E-state index contributed by atoms with van der Waals surface area (Å²) < 4.78 is 5.49. The molecule has 14 heavy (non-hydrogen) atoms. The van der Waals surface area contributed by atoms with Crippen LogP contribution in [0.2, 0.25) is 0 Å². The van der Waals surface area contributed by atoms with Crippen molar-refractivity contribution in [3.63, 3.8) is 0 Å². The van der Waals surface area contributed by atoms with Crippen LogP contribution in [0.15, 0.2) is 16.5 Å². The third-order valence-electron chi connectivity index (χ3n) is 2.92. The van der Waals surface area contributed by atoms with Gasteiger partial charge in [-0.15, -0.1) is 0 Å². The van der Waals surface area contributed by atoms with E-state index >= 15 is 0 Å². The molecule has 1 aromatic heterocycles. The molecule has 1 saturated carbocycles. The molecule has 0 radical (unpaired) electrons. The quantitative estimate of drug-likeness (QED) is 0.778. The molecule has 78 valence electrons. The molecule has 0 bridgehead atoms. The Bertz CT molecular complexity index is 292. The Labute approximate surface area is 85.7 Å². The van der Waals surface area contributed by atoms with Gasteiger partial charge in [0.15, 0.2) is 0 Å². The van der Waals surface area contributed by atoms with Crippen LogP contribution in [0.25, 0.3) is 0 Å². The standard InChI is InChI=1S/C12H19NO/c1-3-4-10-7-12(10)13-8-11-6-5-9(2)14-11/h5-6,10,12-13H,3-4,7-8H2,1-2H3. The first-order valence-electron chi connectivity index (χ1n) is 5.58. The number of furan rings is 1. The van der Waals surface area contributed by atoms with Gasteiger partial charge in [-0.3, -0.25) is 0 Å². The highest BCUT2D eigenvalue weighted by Gasteiger charge is 2.35. The van der Waals surface area contributed by atoms with Crippen LogP contribution in [-0.4, -0.2) is 6.04 Å². The lowest BCUT2D eigenvalue weighted by molar-refractivity contribution is 0.455. The lowest BCUT2D eigenvalue weighted by Crippen LogP contribution is -2.17. The number of hydrogen-bond acceptors (Lipinski definition) is 2. The first-order chi connectivity index (χ1) is 6.79. The summed E-state index contributed by atoms with van der Waals surface area (Å²) >= 11 is 0. The molecule has 0 spiro atoms. The molecule has 2 heteroatoms. The molecule has 2 atom stereocenters. The molecule has 0 amide bonds. The van der Waals surface area contributed by atoms with E-state index in [0.29, 0.717) is 0 Å². The van der Waals surface area contributed by atoms with Gasteiger partial charge in [-0.05, 0) is 37.8 Å². The van der Waals surface area contributed by atoms with Crippen molar-refractivity contribution in [1.82, 2.24) is 5.32 Å². The van der Waals surface area contributed by atoms with Gasteiger partial charge in [-0.2, -0.15) is 0 Å². The summed E-state index contributed by atoms with van der Waals surface area (Å²) in [4.78, 5) is 0. The number of hydrogen-bond donors (Lipinski definition) is 1. The Hall–Kier alpha value is -0.760. The molecule has 0 aromatic carbocycles. The van der Waals surface area contributed by atoms with E-state index in [1.54, 1.807) is 0 Å². The second kappa shape index (κ2) is 4.18. The molecule has 0 aliphatic heterocycles. The highest BCUT2D eigenvalue weighted by atomic mass is 16.3. The zero-order valence-electron chi connectivity index (χ0n) is 9.05. The molecule has 1 heterocycles. The van der Waals surface area contributed by atoms with Gasteiger partial charge in [0.25, 0.3) is 0 Å². The van der Waals surface area contributed by atoms with Gasteiger partial charge in [-0.25, -0.2) is 0 Å². The van der Waals surface area contributed by atoms with Gasteiger partial charge < -0.3 is 9.73 Å². The predicted molar refractivity (Wildman–Crippen MR) is 57.1 cm³/mol. The molecular weight excluding hydrogens is 174 g/mol. The molecule has 1 N–H and O–H groups in total. The smallest absolute Gasteiger partial charge is 0.117 e. The van der Waals surface area contributed by atoms with E-state index < -0.39 is 0 Å². The Morgan fingerprint density at radius 1 is 1.50 bits per heavy atom.